The fourth-order valence-corrected chi connectivity index (χ4v) is 7.58. The average Bonchev–Trinajstić information content (AvgIpc) is 3.39. The summed E-state index contributed by atoms with van der Waals surface area (Å²) in [6.07, 6.45) is -5.73. The minimum atomic E-state index is -4.50. The van der Waals surface area contributed by atoms with Crippen LogP contribution in [0.15, 0.2) is 75.1 Å². The molecule has 0 radical (unpaired) electrons. The molecule has 2 atom stereocenters. The van der Waals surface area contributed by atoms with Crippen molar-refractivity contribution in [1.29, 1.82) is 0 Å². The molecule has 2 aromatic rings. The number of benzene rings is 2. The van der Waals surface area contributed by atoms with Crippen LogP contribution < -0.4 is 5.32 Å². The number of Topliss-reactive ketones (excluding diaryl/α,β-unsaturated/α-hetero) is 1. The van der Waals surface area contributed by atoms with Crippen LogP contribution in [0.4, 0.5) is 37.7 Å². The maximum absolute atomic E-state index is 13.8. The number of rotatable bonds is 1. The van der Waals surface area contributed by atoms with E-state index in [0.717, 1.165) is 24.3 Å². The van der Waals surface area contributed by atoms with Crippen LogP contribution in [-0.2, 0) is 28.0 Å². The molecule has 0 aromatic heterocycles. The van der Waals surface area contributed by atoms with Crippen LogP contribution in [0, 0.1) is 0 Å². The molecule has 218 valence electrons. The molecule has 0 saturated heterocycles. The summed E-state index contributed by atoms with van der Waals surface area (Å²) in [6.45, 7) is 3.68. The average molecular weight is 585 g/mol. The molecule has 2 N–H and O–H groups in total. The summed E-state index contributed by atoms with van der Waals surface area (Å²) < 4.78 is 80.9. The molecule has 2 aromatic carbocycles. The normalized spacial score (nSPS) is 28.6. The molecule has 42 heavy (non-hydrogen) atoms. The number of carbonyl (C=O) groups is 1. The van der Waals surface area contributed by atoms with Gasteiger partial charge in [-0.1, -0.05) is 0 Å². The second-order valence-corrected chi connectivity index (χ2v) is 12.2. The number of allylic oxidation sites excluding steroid dienone is 5. The largest absolute Gasteiger partial charge is 0.506 e. The molecule has 2 unspecified atom stereocenters. The summed E-state index contributed by atoms with van der Waals surface area (Å²) in [7, 11) is 0. The van der Waals surface area contributed by atoms with Crippen LogP contribution in [0.25, 0.3) is 0 Å². The number of nitrogens with zero attached hydrogens (tertiary/aromatic N) is 1. The van der Waals surface area contributed by atoms with Crippen molar-refractivity contribution < 1.29 is 36.2 Å². The van der Waals surface area contributed by atoms with E-state index in [1.165, 1.54) is 12.1 Å². The van der Waals surface area contributed by atoms with Crippen LogP contribution >= 0.6 is 0 Å². The van der Waals surface area contributed by atoms with E-state index in [2.05, 4.69) is 10.3 Å². The Morgan fingerprint density at radius 2 is 1.40 bits per heavy atom. The van der Waals surface area contributed by atoms with E-state index >= 15 is 0 Å². The first-order valence-electron chi connectivity index (χ1n) is 13.9. The number of anilines is 1. The predicted molar refractivity (Wildman–Crippen MR) is 145 cm³/mol. The zero-order valence-electron chi connectivity index (χ0n) is 22.8. The molecule has 0 bridgehead atoms. The van der Waals surface area contributed by atoms with E-state index in [9.17, 15) is 36.2 Å². The van der Waals surface area contributed by atoms with Gasteiger partial charge < -0.3 is 10.4 Å². The highest BCUT2D eigenvalue weighted by Gasteiger charge is 2.51. The monoisotopic (exact) mass is 584 g/mol. The third-order valence-electron chi connectivity index (χ3n) is 9.75. The lowest BCUT2D eigenvalue weighted by Gasteiger charge is -2.38. The highest BCUT2D eigenvalue weighted by atomic mass is 19.4. The lowest BCUT2D eigenvalue weighted by atomic mass is 9.64. The van der Waals surface area contributed by atoms with Crippen molar-refractivity contribution >= 4 is 22.9 Å². The van der Waals surface area contributed by atoms with Crippen LogP contribution in [0.5, 0.6) is 0 Å². The zero-order chi connectivity index (χ0) is 30.0. The molecule has 7 rings (SSSR count). The van der Waals surface area contributed by atoms with E-state index in [4.69, 9.17) is 0 Å². The molecule has 3 aliphatic carbocycles. The number of ketones is 1. The van der Waals surface area contributed by atoms with Gasteiger partial charge in [-0.3, -0.25) is 9.79 Å². The van der Waals surface area contributed by atoms with Crippen molar-refractivity contribution in [3.63, 3.8) is 0 Å². The maximum Gasteiger partial charge on any atom is 0.416 e. The van der Waals surface area contributed by atoms with Gasteiger partial charge in [0, 0.05) is 22.2 Å². The number of aliphatic hydroxyl groups is 1. The third kappa shape index (κ3) is 3.56. The Labute approximate surface area is 237 Å². The van der Waals surface area contributed by atoms with Crippen molar-refractivity contribution in [3.05, 3.63) is 92.4 Å². The Balaban J connectivity index is 1.31. The Bertz CT molecular complexity index is 1740. The predicted octanol–water partition coefficient (Wildman–Crippen LogP) is 8.76. The van der Waals surface area contributed by atoms with Crippen molar-refractivity contribution in [1.82, 2.24) is 0 Å². The second-order valence-electron chi connectivity index (χ2n) is 12.2. The molecular formula is C32H26F6N2O2. The molecule has 5 aliphatic rings. The summed E-state index contributed by atoms with van der Waals surface area (Å²) in [4.78, 5) is 18.5. The number of aliphatic hydroxyl groups excluding tert-OH is 1. The van der Waals surface area contributed by atoms with E-state index in [0.29, 0.717) is 83.6 Å². The van der Waals surface area contributed by atoms with Crippen LogP contribution in [0.1, 0.15) is 74.6 Å². The van der Waals surface area contributed by atoms with Gasteiger partial charge in [0.1, 0.15) is 5.76 Å². The Morgan fingerprint density at radius 1 is 0.810 bits per heavy atom. The van der Waals surface area contributed by atoms with Gasteiger partial charge in [0.25, 0.3) is 0 Å². The summed E-state index contributed by atoms with van der Waals surface area (Å²) in [6, 6.07) is 7.07. The SMILES string of the molecule is CC12CCC/C(=C3/C(=O)C(C4=C5Nc6ccc(C(F)(F)F)cc6C5(C)CCC4)=C3O)C1=Nc1ccc(C(F)(F)F)cc12. The topological polar surface area (TPSA) is 61.7 Å². The van der Waals surface area contributed by atoms with Crippen LogP contribution in [0.3, 0.4) is 0 Å². The molecule has 1 fully saturated rings. The lowest BCUT2D eigenvalue weighted by molar-refractivity contribution is -0.138. The first-order chi connectivity index (χ1) is 19.6. The minimum absolute atomic E-state index is 0.133. The van der Waals surface area contributed by atoms with Gasteiger partial charge >= 0.3 is 12.4 Å². The fourth-order valence-electron chi connectivity index (χ4n) is 7.58. The molecule has 4 nitrogen and oxygen atoms in total. The molecule has 0 amide bonds. The van der Waals surface area contributed by atoms with Crippen molar-refractivity contribution in [2.45, 2.75) is 75.6 Å². The summed E-state index contributed by atoms with van der Waals surface area (Å²) in [5.74, 6) is -0.559. The molecule has 2 heterocycles. The summed E-state index contributed by atoms with van der Waals surface area (Å²) in [5.41, 5.74) is 1.38. The smallest absolute Gasteiger partial charge is 0.416 e. The van der Waals surface area contributed by atoms with Gasteiger partial charge in [-0.2, -0.15) is 26.3 Å². The van der Waals surface area contributed by atoms with Crippen molar-refractivity contribution in [2.24, 2.45) is 4.99 Å². The van der Waals surface area contributed by atoms with Gasteiger partial charge in [0.15, 0.2) is 0 Å². The molecule has 0 spiro atoms. The van der Waals surface area contributed by atoms with Gasteiger partial charge in [-0.15, -0.1) is 0 Å². The van der Waals surface area contributed by atoms with Crippen molar-refractivity contribution in [2.75, 3.05) is 5.32 Å². The molecule has 1 saturated carbocycles. The first kappa shape index (κ1) is 27.0. The number of fused-ring (bicyclic) bond motifs is 6. The van der Waals surface area contributed by atoms with Crippen molar-refractivity contribution in [3.8, 4) is 0 Å². The third-order valence-corrected chi connectivity index (χ3v) is 9.75. The standard InChI is InChI=1S/C32H26F6N2O2/c1-29-11-3-5-17(27(29)39-21-9-7-15(13-19(21)29)31(33,34)35)23-25(41)24(26(23)42)18-6-4-12-30(2)20-14-16(32(36,37)38)8-10-22(20)40-28(18)30/h7-10,13-14,39,41H,3-6,11-12H2,1-2H3/b24-18-. The van der Waals surface area contributed by atoms with Crippen LogP contribution in [-0.4, -0.2) is 16.6 Å². The highest BCUT2D eigenvalue weighted by Crippen LogP contribution is 2.56. The number of aliphatic imine (C=N–C) groups is 1. The number of hydrogen-bond donors (Lipinski definition) is 2. The van der Waals surface area contributed by atoms with Gasteiger partial charge in [-0.25, -0.2) is 0 Å². The van der Waals surface area contributed by atoms with E-state index in [1.807, 2.05) is 13.8 Å². The first-order valence-corrected chi connectivity index (χ1v) is 13.9. The Morgan fingerprint density at radius 3 is 2.05 bits per heavy atom. The number of alkyl halides is 6. The maximum atomic E-state index is 13.8. The highest BCUT2D eigenvalue weighted by molar-refractivity contribution is 6.27. The number of hydrogen-bond acceptors (Lipinski definition) is 4. The van der Waals surface area contributed by atoms with Gasteiger partial charge in [0.05, 0.1) is 33.7 Å². The van der Waals surface area contributed by atoms with Crippen LogP contribution in [0.2, 0.25) is 0 Å². The summed E-state index contributed by atoms with van der Waals surface area (Å²) >= 11 is 0. The minimum Gasteiger partial charge on any atom is -0.506 e. The summed E-state index contributed by atoms with van der Waals surface area (Å²) in [5, 5.41) is 14.6. The van der Waals surface area contributed by atoms with E-state index < -0.39 is 34.3 Å². The molecule has 2 aliphatic heterocycles. The lowest BCUT2D eigenvalue weighted by Crippen LogP contribution is -2.38. The van der Waals surface area contributed by atoms with E-state index in [1.54, 1.807) is 0 Å². The van der Waals surface area contributed by atoms with Gasteiger partial charge in [0.2, 0.25) is 5.78 Å². The van der Waals surface area contributed by atoms with E-state index in [-0.39, 0.29) is 22.7 Å². The molecule has 10 heteroatoms. The fraction of sp³-hybridized carbons (Fsp3) is 0.375. The Kier molecular flexibility index (Phi) is 5.40. The Hall–Kier alpha value is -3.82. The second kappa shape index (κ2) is 8.39. The number of halogens is 6. The number of nitrogens with one attached hydrogen (secondary N) is 1. The molecular weight excluding hydrogens is 558 g/mol. The quantitative estimate of drug-likeness (QED) is 0.260. The zero-order valence-corrected chi connectivity index (χ0v) is 22.8. The number of carbonyl (C=O) groups excluding carboxylic acids is 1. The van der Waals surface area contributed by atoms with Gasteiger partial charge in [-0.05, 0) is 111 Å².